The van der Waals surface area contributed by atoms with Crippen molar-refractivity contribution in [3.05, 3.63) is 63.1 Å². The number of nitrogens with one attached hydrogen (secondary N) is 1. The van der Waals surface area contributed by atoms with Crippen LogP contribution in [0.2, 0.25) is 0 Å². The fraction of sp³-hybridized carbons (Fsp3) is 0.409. The quantitative estimate of drug-likeness (QED) is 0.750. The first-order valence-electron chi connectivity index (χ1n) is 10.4. The second kappa shape index (κ2) is 7.40. The minimum Gasteiger partial charge on any atom is -0.503 e. The zero-order chi connectivity index (χ0) is 22.7. The van der Waals surface area contributed by atoms with Gasteiger partial charge in [0.1, 0.15) is 17.2 Å². The molecule has 1 aromatic carbocycles. The van der Waals surface area contributed by atoms with E-state index in [0.29, 0.717) is 12.0 Å². The average Bonchev–Trinajstić information content (AvgIpc) is 3.03. The van der Waals surface area contributed by atoms with Gasteiger partial charge in [-0.15, -0.1) is 0 Å². The maximum atomic E-state index is 13.8. The number of rotatable bonds is 3. The van der Waals surface area contributed by atoms with Crippen LogP contribution >= 0.6 is 0 Å². The lowest BCUT2D eigenvalue weighted by atomic mass is 10.1. The summed E-state index contributed by atoms with van der Waals surface area (Å²) in [4.78, 5) is 40.0. The summed E-state index contributed by atoms with van der Waals surface area (Å²) in [5, 5.41) is 12.9. The number of aromatic nitrogens is 1. The third-order valence-corrected chi connectivity index (χ3v) is 6.56. The lowest BCUT2D eigenvalue weighted by Gasteiger charge is -2.44. The summed E-state index contributed by atoms with van der Waals surface area (Å²) in [6.07, 6.45) is 2.21. The van der Waals surface area contributed by atoms with Crippen molar-refractivity contribution >= 4 is 11.8 Å². The third kappa shape index (κ3) is 3.17. The van der Waals surface area contributed by atoms with E-state index in [1.165, 1.54) is 16.8 Å². The Labute approximate surface area is 181 Å². The van der Waals surface area contributed by atoms with Crippen LogP contribution in [0.5, 0.6) is 5.75 Å². The third-order valence-electron chi connectivity index (χ3n) is 6.56. The number of aromatic hydroxyl groups is 1. The van der Waals surface area contributed by atoms with Crippen molar-refractivity contribution in [2.75, 3.05) is 0 Å². The second-order valence-electron chi connectivity index (χ2n) is 8.58. The van der Waals surface area contributed by atoms with Gasteiger partial charge < -0.3 is 24.6 Å². The van der Waals surface area contributed by atoms with Crippen molar-refractivity contribution < 1.29 is 28.2 Å². The number of fused-ring (bicyclic) bond motifs is 5. The summed E-state index contributed by atoms with van der Waals surface area (Å²) in [6.45, 7) is 1.95. The Morgan fingerprint density at radius 3 is 2.81 bits per heavy atom. The molecule has 2 fully saturated rings. The lowest BCUT2D eigenvalue weighted by Crippen LogP contribution is -2.57. The van der Waals surface area contributed by atoms with Gasteiger partial charge in [0.2, 0.25) is 5.43 Å². The number of amides is 2. The Balaban J connectivity index is 1.43. The monoisotopic (exact) mass is 445 g/mol. The fourth-order valence-electron chi connectivity index (χ4n) is 4.93. The minimum atomic E-state index is -0.990. The van der Waals surface area contributed by atoms with Crippen molar-refractivity contribution in [1.82, 2.24) is 14.8 Å². The number of hydrogen-bond donors (Lipinski definition) is 2. The Bertz CT molecular complexity index is 1190. The lowest BCUT2D eigenvalue weighted by molar-refractivity contribution is -0.138. The average molecular weight is 445 g/mol. The molecule has 1 aromatic heterocycles. The molecule has 2 aliphatic heterocycles. The molecule has 0 radical (unpaired) electrons. The smallest absolute Gasteiger partial charge is 0.276 e. The largest absolute Gasteiger partial charge is 0.503 e. The van der Waals surface area contributed by atoms with Gasteiger partial charge >= 0.3 is 0 Å². The molecular formula is C22H21F2N3O5. The molecule has 2 N–H and O–H groups in total. The number of halogens is 2. The van der Waals surface area contributed by atoms with Crippen LogP contribution in [0.1, 0.15) is 46.2 Å². The second-order valence-corrected chi connectivity index (χ2v) is 8.58. The van der Waals surface area contributed by atoms with E-state index in [0.717, 1.165) is 18.9 Å². The highest BCUT2D eigenvalue weighted by atomic mass is 19.1. The highest BCUT2D eigenvalue weighted by Crippen LogP contribution is 2.41. The molecule has 2 aromatic rings. The highest BCUT2D eigenvalue weighted by molar-refractivity contribution is 5.99. The van der Waals surface area contributed by atoms with Gasteiger partial charge in [0.05, 0.1) is 12.6 Å². The maximum absolute atomic E-state index is 13.8. The summed E-state index contributed by atoms with van der Waals surface area (Å²) >= 11 is 0. The summed E-state index contributed by atoms with van der Waals surface area (Å²) in [5.74, 6) is -3.45. The van der Waals surface area contributed by atoms with Gasteiger partial charge in [-0.2, -0.15) is 0 Å². The van der Waals surface area contributed by atoms with E-state index >= 15 is 0 Å². The van der Waals surface area contributed by atoms with Gasteiger partial charge in [0, 0.05) is 30.4 Å². The standard InChI is InChI=1S/C22H21F2N3O5/c1-10-4-13-6-16(10)32-17-9-26-8-14(19(28)20(29)18(26)22(31)27(13)17)21(30)25-7-11-2-3-12(23)5-15(11)24/h2-3,5,8,10,13,16-17,29H,4,6-7,9H2,1H3,(H,25,30). The summed E-state index contributed by atoms with van der Waals surface area (Å²) in [5.41, 5.74) is -1.51. The molecule has 3 aliphatic rings. The van der Waals surface area contributed by atoms with Gasteiger partial charge in [-0.25, -0.2) is 8.78 Å². The molecule has 5 rings (SSSR count). The van der Waals surface area contributed by atoms with Gasteiger partial charge in [-0.1, -0.05) is 13.0 Å². The van der Waals surface area contributed by atoms with Crippen LogP contribution < -0.4 is 10.7 Å². The number of nitrogens with zero attached hydrogens (tertiary/aromatic N) is 2. The van der Waals surface area contributed by atoms with Crippen LogP contribution in [-0.2, 0) is 17.8 Å². The Hall–Kier alpha value is -3.27. The van der Waals surface area contributed by atoms with Gasteiger partial charge in [0.15, 0.2) is 17.7 Å². The van der Waals surface area contributed by atoms with Gasteiger partial charge in [-0.05, 0) is 24.8 Å². The molecule has 32 heavy (non-hydrogen) atoms. The number of pyridine rings is 1. The zero-order valence-electron chi connectivity index (χ0n) is 17.2. The molecule has 168 valence electrons. The number of carbonyl (C=O) groups excluding carboxylic acids is 2. The van der Waals surface area contributed by atoms with E-state index in [2.05, 4.69) is 12.2 Å². The molecule has 10 heteroatoms. The topological polar surface area (TPSA) is 101 Å². The molecular weight excluding hydrogens is 424 g/mol. The summed E-state index contributed by atoms with van der Waals surface area (Å²) in [7, 11) is 0. The van der Waals surface area contributed by atoms with Crippen molar-refractivity contribution in [2.45, 2.75) is 51.2 Å². The van der Waals surface area contributed by atoms with E-state index in [1.807, 2.05) is 0 Å². The van der Waals surface area contributed by atoms with Gasteiger partial charge in [-0.3, -0.25) is 14.4 Å². The predicted octanol–water partition coefficient (Wildman–Crippen LogP) is 1.74. The van der Waals surface area contributed by atoms with E-state index in [1.54, 1.807) is 4.90 Å². The van der Waals surface area contributed by atoms with Crippen LogP contribution in [-0.4, -0.2) is 44.8 Å². The summed E-state index contributed by atoms with van der Waals surface area (Å²) in [6, 6.07) is 2.92. The first-order chi connectivity index (χ1) is 15.2. The Morgan fingerprint density at radius 2 is 2.06 bits per heavy atom. The van der Waals surface area contributed by atoms with Crippen molar-refractivity contribution in [1.29, 1.82) is 0 Å². The molecule has 3 heterocycles. The number of hydrogen-bond acceptors (Lipinski definition) is 5. The van der Waals surface area contributed by atoms with Crippen molar-refractivity contribution in [2.24, 2.45) is 5.92 Å². The SMILES string of the molecule is CC1CC2CC1OC1Cn3cc(C(=O)NCc4ccc(F)cc4F)c(=O)c(O)c3C(=O)N21. The molecule has 0 spiro atoms. The normalized spacial score (nSPS) is 26.0. The predicted molar refractivity (Wildman–Crippen MR) is 107 cm³/mol. The van der Waals surface area contributed by atoms with Crippen LogP contribution in [0.15, 0.2) is 29.2 Å². The van der Waals surface area contributed by atoms with Crippen LogP contribution in [0, 0.1) is 17.6 Å². The Kier molecular flexibility index (Phi) is 4.77. The maximum Gasteiger partial charge on any atom is 0.276 e. The fourth-order valence-corrected chi connectivity index (χ4v) is 4.93. The van der Waals surface area contributed by atoms with E-state index in [-0.39, 0.29) is 42.1 Å². The summed E-state index contributed by atoms with van der Waals surface area (Å²) < 4.78 is 34.3. The Morgan fingerprint density at radius 1 is 1.28 bits per heavy atom. The highest BCUT2D eigenvalue weighted by Gasteiger charge is 2.50. The number of ether oxygens (including phenoxy) is 1. The van der Waals surface area contributed by atoms with Crippen molar-refractivity contribution in [3.8, 4) is 5.75 Å². The minimum absolute atomic E-state index is 0.0157. The molecule has 1 saturated heterocycles. The zero-order valence-corrected chi connectivity index (χ0v) is 17.2. The molecule has 1 aliphatic carbocycles. The molecule has 1 saturated carbocycles. The van der Waals surface area contributed by atoms with Gasteiger partial charge in [0.25, 0.3) is 11.8 Å². The number of benzene rings is 1. The molecule has 8 nitrogen and oxygen atoms in total. The van der Waals surface area contributed by atoms with Crippen molar-refractivity contribution in [3.63, 3.8) is 0 Å². The van der Waals surface area contributed by atoms with E-state index in [4.69, 9.17) is 4.74 Å². The first kappa shape index (κ1) is 20.6. The van der Waals surface area contributed by atoms with E-state index in [9.17, 15) is 28.3 Å². The molecule has 2 amide bonds. The molecule has 4 atom stereocenters. The molecule has 4 unspecified atom stereocenters. The number of carbonyl (C=O) groups is 2. The molecule has 2 bridgehead atoms. The van der Waals surface area contributed by atoms with E-state index < -0.39 is 40.9 Å². The van der Waals surface area contributed by atoms with Crippen LogP contribution in [0.25, 0.3) is 0 Å². The first-order valence-corrected chi connectivity index (χ1v) is 10.4. The van der Waals surface area contributed by atoms with Crippen LogP contribution in [0.3, 0.4) is 0 Å². The van der Waals surface area contributed by atoms with Crippen LogP contribution in [0.4, 0.5) is 8.78 Å².